The van der Waals surface area contributed by atoms with E-state index in [9.17, 15) is 9.59 Å². The number of anilines is 1. The number of morpholine rings is 1. The van der Waals surface area contributed by atoms with Crippen LogP contribution >= 0.6 is 0 Å². The van der Waals surface area contributed by atoms with Crippen LogP contribution in [0.5, 0.6) is 0 Å². The van der Waals surface area contributed by atoms with E-state index in [1.807, 2.05) is 97.2 Å². The number of carbonyl (C=O) groups excluding carboxylic acids is 2. The molecular weight excluding hydrogens is 480 g/mol. The molecule has 2 atom stereocenters. The number of hydrogen-bond donors (Lipinski definition) is 2. The highest BCUT2D eigenvalue weighted by Crippen LogP contribution is 2.26. The first-order valence-electron chi connectivity index (χ1n) is 12.6. The van der Waals surface area contributed by atoms with Gasteiger partial charge in [-0.2, -0.15) is 0 Å². The summed E-state index contributed by atoms with van der Waals surface area (Å²) < 4.78 is 7.25. The summed E-state index contributed by atoms with van der Waals surface area (Å²) in [5.74, 6) is -0.0825. The van der Waals surface area contributed by atoms with Crippen LogP contribution in [0.3, 0.4) is 0 Å². The van der Waals surface area contributed by atoms with Gasteiger partial charge in [-0.25, -0.2) is 4.79 Å². The third-order valence-electron chi connectivity index (χ3n) is 6.40. The van der Waals surface area contributed by atoms with E-state index >= 15 is 0 Å². The Bertz CT molecular complexity index is 1330. The highest BCUT2D eigenvalue weighted by molar-refractivity contribution is 5.89. The third-order valence-corrected chi connectivity index (χ3v) is 6.40. The Hall–Kier alpha value is -4.50. The molecule has 0 saturated carbocycles. The van der Waals surface area contributed by atoms with Crippen LogP contribution < -0.4 is 10.6 Å². The van der Waals surface area contributed by atoms with Crippen LogP contribution in [0.4, 0.5) is 10.5 Å². The number of rotatable bonds is 9. The Morgan fingerprint density at radius 2 is 1.66 bits per heavy atom. The second-order valence-electron chi connectivity index (χ2n) is 9.25. The molecule has 1 aliphatic rings. The van der Waals surface area contributed by atoms with E-state index in [4.69, 9.17) is 4.74 Å². The number of amides is 3. The molecule has 1 saturated heterocycles. The molecule has 3 amide bonds. The Kier molecular flexibility index (Phi) is 8.05. The number of para-hydroxylation sites is 1. The molecule has 0 radical (unpaired) electrons. The Morgan fingerprint density at radius 1 is 0.974 bits per heavy atom. The van der Waals surface area contributed by atoms with Gasteiger partial charge in [-0.05, 0) is 29.7 Å². The maximum Gasteiger partial charge on any atom is 0.319 e. The molecule has 1 aliphatic heterocycles. The largest absolute Gasteiger partial charge is 0.369 e. The molecule has 4 aromatic rings. The van der Waals surface area contributed by atoms with E-state index in [-0.39, 0.29) is 30.6 Å². The van der Waals surface area contributed by atoms with E-state index < -0.39 is 0 Å². The average Bonchev–Trinajstić information content (AvgIpc) is 3.38. The summed E-state index contributed by atoms with van der Waals surface area (Å²) in [6.45, 7) is 1.23. The van der Waals surface area contributed by atoms with Crippen molar-refractivity contribution in [3.05, 3.63) is 114 Å². The van der Waals surface area contributed by atoms with Gasteiger partial charge in [0, 0.05) is 5.69 Å². The Balaban J connectivity index is 1.28. The molecule has 2 heterocycles. The fourth-order valence-corrected chi connectivity index (χ4v) is 4.59. The van der Waals surface area contributed by atoms with Crippen LogP contribution in [0.15, 0.2) is 97.2 Å². The fraction of sp³-hybridized carbons (Fsp3) is 0.241. The number of hydrogen-bond acceptors (Lipinski definition) is 5. The molecule has 0 aliphatic carbocycles. The summed E-state index contributed by atoms with van der Waals surface area (Å²) in [4.78, 5) is 27.3. The molecule has 9 nitrogen and oxygen atoms in total. The second kappa shape index (κ2) is 12.2. The van der Waals surface area contributed by atoms with Crippen molar-refractivity contribution < 1.29 is 14.3 Å². The number of urea groups is 1. The lowest BCUT2D eigenvalue weighted by Gasteiger charge is -2.35. The van der Waals surface area contributed by atoms with Gasteiger partial charge in [-0.3, -0.25) is 9.48 Å². The predicted molar refractivity (Wildman–Crippen MR) is 143 cm³/mol. The molecule has 2 unspecified atom stereocenters. The van der Waals surface area contributed by atoms with Gasteiger partial charge in [-0.1, -0.05) is 84.1 Å². The van der Waals surface area contributed by atoms with Crippen molar-refractivity contribution in [3.63, 3.8) is 0 Å². The molecule has 2 N–H and O–H groups in total. The van der Waals surface area contributed by atoms with Crippen molar-refractivity contribution in [2.45, 2.75) is 31.6 Å². The van der Waals surface area contributed by atoms with Crippen LogP contribution in [0.25, 0.3) is 0 Å². The van der Waals surface area contributed by atoms with E-state index in [1.165, 1.54) is 0 Å². The zero-order valence-corrected chi connectivity index (χ0v) is 20.9. The number of carbonyl (C=O) groups is 2. The summed E-state index contributed by atoms with van der Waals surface area (Å²) in [6.07, 6.45) is 2.45. The number of ether oxygens (including phenoxy) is 1. The second-order valence-corrected chi connectivity index (χ2v) is 9.25. The van der Waals surface area contributed by atoms with Crippen molar-refractivity contribution in [2.75, 3.05) is 18.5 Å². The summed E-state index contributed by atoms with van der Waals surface area (Å²) in [5, 5.41) is 14.6. The standard InChI is InChI=1S/C29H30N6O3/c36-28-21-38-20-27(23-12-6-2-7-13-23)35(28)19-26-18-34(33-32-26)17-25(16-22-10-4-1-5-11-22)31-29(37)30-24-14-8-3-9-15-24/h1-15,18,25,27H,16-17,19-21H2,(H2,30,31,37). The normalized spacial score (nSPS) is 16.2. The predicted octanol–water partition coefficient (Wildman–Crippen LogP) is 3.81. The van der Waals surface area contributed by atoms with Crippen LogP contribution in [0.2, 0.25) is 0 Å². The van der Waals surface area contributed by atoms with E-state index in [1.54, 1.807) is 9.58 Å². The number of nitrogens with one attached hydrogen (secondary N) is 2. The Labute approximate surface area is 221 Å². The van der Waals surface area contributed by atoms with Gasteiger partial charge < -0.3 is 20.3 Å². The molecule has 9 heteroatoms. The van der Waals surface area contributed by atoms with Crippen LogP contribution in [0, 0.1) is 0 Å². The fourth-order valence-electron chi connectivity index (χ4n) is 4.59. The monoisotopic (exact) mass is 510 g/mol. The maximum absolute atomic E-state index is 12.8. The molecule has 3 aromatic carbocycles. The van der Waals surface area contributed by atoms with E-state index in [2.05, 4.69) is 20.9 Å². The summed E-state index contributed by atoms with van der Waals surface area (Å²) >= 11 is 0. The molecule has 5 rings (SSSR count). The van der Waals surface area contributed by atoms with E-state index in [0.29, 0.717) is 31.8 Å². The van der Waals surface area contributed by atoms with Gasteiger partial charge >= 0.3 is 6.03 Å². The van der Waals surface area contributed by atoms with Gasteiger partial charge in [0.15, 0.2) is 0 Å². The van der Waals surface area contributed by atoms with Crippen LogP contribution in [-0.4, -0.2) is 51.1 Å². The Morgan fingerprint density at radius 3 is 2.39 bits per heavy atom. The number of aromatic nitrogens is 3. The molecule has 0 spiro atoms. The minimum Gasteiger partial charge on any atom is -0.369 e. The highest BCUT2D eigenvalue weighted by atomic mass is 16.5. The van der Waals surface area contributed by atoms with Gasteiger partial charge in [0.2, 0.25) is 5.91 Å². The zero-order valence-electron chi connectivity index (χ0n) is 20.9. The van der Waals surface area contributed by atoms with Crippen LogP contribution in [-0.2, 0) is 29.0 Å². The van der Waals surface area contributed by atoms with Crippen molar-refractivity contribution in [1.82, 2.24) is 25.2 Å². The van der Waals surface area contributed by atoms with Crippen molar-refractivity contribution in [3.8, 4) is 0 Å². The lowest BCUT2D eigenvalue weighted by atomic mass is 10.0. The van der Waals surface area contributed by atoms with Crippen molar-refractivity contribution in [2.24, 2.45) is 0 Å². The van der Waals surface area contributed by atoms with Gasteiger partial charge in [0.1, 0.15) is 12.3 Å². The molecular formula is C29H30N6O3. The number of benzene rings is 3. The smallest absolute Gasteiger partial charge is 0.319 e. The van der Waals surface area contributed by atoms with Gasteiger partial charge in [0.25, 0.3) is 0 Å². The molecule has 194 valence electrons. The molecule has 38 heavy (non-hydrogen) atoms. The quantitative estimate of drug-likeness (QED) is 0.357. The van der Waals surface area contributed by atoms with Crippen molar-refractivity contribution >= 4 is 17.6 Å². The number of nitrogens with zero attached hydrogens (tertiary/aromatic N) is 4. The summed E-state index contributed by atoms with van der Waals surface area (Å²) in [7, 11) is 0. The minimum atomic E-state index is -0.290. The zero-order chi connectivity index (χ0) is 26.2. The minimum absolute atomic E-state index is 0.0526. The van der Waals surface area contributed by atoms with Crippen LogP contribution in [0.1, 0.15) is 22.9 Å². The lowest BCUT2D eigenvalue weighted by Crippen LogP contribution is -2.43. The molecule has 0 bridgehead atoms. The maximum atomic E-state index is 12.8. The third kappa shape index (κ3) is 6.63. The topological polar surface area (TPSA) is 101 Å². The summed E-state index contributed by atoms with van der Waals surface area (Å²) in [5.41, 5.74) is 3.51. The SMILES string of the molecule is O=C(Nc1ccccc1)NC(Cc1ccccc1)Cn1cc(CN2C(=O)COCC2c2ccccc2)nn1. The van der Waals surface area contributed by atoms with Gasteiger partial charge in [0.05, 0.1) is 38.0 Å². The average molecular weight is 511 g/mol. The van der Waals surface area contributed by atoms with Gasteiger partial charge in [-0.15, -0.1) is 5.10 Å². The molecule has 1 fully saturated rings. The molecule has 1 aromatic heterocycles. The first-order valence-corrected chi connectivity index (χ1v) is 12.6. The van der Waals surface area contributed by atoms with Crippen molar-refractivity contribution in [1.29, 1.82) is 0 Å². The highest BCUT2D eigenvalue weighted by Gasteiger charge is 2.30. The lowest BCUT2D eigenvalue weighted by molar-refractivity contribution is -0.149. The summed E-state index contributed by atoms with van der Waals surface area (Å²) in [6, 6.07) is 28.4. The van der Waals surface area contributed by atoms with E-state index in [0.717, 1.165) is 16.8 Å². The first-order chi connectivity index (χ1) is 18.6. The first kappa shape index (κ1) is 25.2.